The number of nitrogens with one attached hydrogen (secondary N) is 1. The summed E-state index contributed by atoms with van der Waals surface area (Å²) < 4.78 is 10.9. The van der Waals surface area contributed by atoms with E-state index in [0.29, 0.717) is 44.0 Å². The van der Waals surface area contributed by atoms with E-state index < -0.39 is 0 Å². The normalized spacial score (nSPS) is 16.2. The molecule has 0 bridgehead atoms. The first kappa shape index (κ1) is 19.2. The highest BCUT2D eigenvalue weighted by atomic mass is 32.1. The minimum absolute atomic E-state index is 0.0142. The molecule has 2 amide bonds. The van der Waals surface area contributed by atoms with Crippen LogP contribution in [0.2, 0.25) is 0 Å². The summed E-state index contributed by atoms with van der Waals surface area (Å²) in [6.07, 6.45) is 1.92. The van der Waals surface area contributed by atoms with Gasteiger partial charge in [-0.3, -0.25) is 9.59 Å². The van der Waals surface area contributed by atoms with Gasteiger partial charge in [0.05, 0.1) is 20.1 Å². The van der Waals surface area contributed by atoms with Gasteiger partial charge in [-0.2, -0.15) is 0 Å². The minimum Gasteiger partial charge on any atom is -0.493 e. The molecule has 1 saturated heterocycles. The third-order valence-electron chi connectivity index (χ3n) is 4.51. The Morgan fingerprint density at radius 3 is 2.78 bits per heavy atom. The van der Waals surface area contributed by atoms with Crippen LogP contribution in [0, 0.1) is 0 Å². The van der Waals surface area contributed by atoms with E-state index in [0.717, 1.165) is 11.3 Å². The van der Waals surface area contributed by atoms with Gasteiger partial charge in [0, 0.05) is 11.4 Å². The Morgan fingerprint density at radius 1 is 1.22 bits per heavy atom. The number of carbonyl (C=O) groups excluding carboxylic acids is 2. The molecule has 0 saturated carbocycles. The van der Waals surface area contributed by atoms with Gasteiger partial charge in [-0.1, -0.05) is 18.2 Å². The predicted octanol–water partition coefficient (Wildman–Crippen LogP) is 2.49. The first-order valence-electron chi connectivity index (χ1n) is 9.04. The number of nitrogens with zero attached hydrogens (tertiary/aromatic N) is 1. The summed E-state index contributed by atoms with van der Waals surface area (Å²) >= 11 is 1.56. The molecule has 2 heterocycles. The van der Waals surface area contributed by atoms with Crippen LogP contribution >= 0.6 is 11.3 Å². The van der Waals surface area contributed by atoms with Crippen molar-refractivity contribution in [3.8, 4) is 11.5 Å². The summed E-state index contributed by atoms with van der Waals surface area (Å²) in [6.45, 7) is 1.35. The molecule has 6 nitrogen and oxygen atoms in total. The van der Waals surface area contributed by atoms with Crippen LogP contribution in [0.1, 0.15) is 17.7 Å². The van der Waals surface area contributed by atoms with Crippen LogP contribution in [0.4, 0.5) is 0 Å². The van der Waals surface area contributed by atoms with Gasteiger partial charge in [0.1, 0.15) is 12.6 Å². The number of hydrogen-bond donors (Lipinski definition) is 1. The molecule has 0 aliphatic carbocycles. The maximum absolute atomic E-state index is 12.5. The number of amides is 2. The van der Waals surface area contributed by atoms with Gasteiger partial charge in [-0.05, 0) is 36.4 Å². The highest BCUT2D eigenvalue weighted by molar-refractivity contribution is 7.10. The van der Waals surface area contributed by atoms with Crippen molar-refractivity contribution in [3.05, 3.63) is 46.7 Å². The van der Waals surface area contributed by atoms with E-state index in [-0.39, 0.29) is 17.9 Å². The minimum atomic E-state index is -0.385. The van der Waals surface area contributed by atoms with Gasteiger partial charge < -0.3 is 19.7 Å². The summed E-state index contributed by atoms with van der Waals surface area (Å²) in [4.78, 5) is 27.8. The third-order valence-corrected chi connectivity index (χ3v) is 5.39. The molecule has 1 N–H and O–H groups in total. The fraction of sp³-hybridized carbons (Fsp3) is 0.400. The number of para-hydroxylation sites is 2. The summed E-state index contributed by atoms with van der Waals surface area (Å²) in [5.74, 6) is 1.20. The van der Waals surface area contributed by atoms with Gasteiger partial charge >= 0.3 is 0 Å². The Kier molecular flexibility index (Phi) is 6.70. The summed E-state index contributed by atoms with van der Waals surface area (Å²) in [7, 11) is 1.59. The Bertz CT molecular complexity index is 763. The van der Waals surface area contributed by atoms with Gasteiger partial charge in [0.15, 0.2) is 11.5 Å². The Labute approximate surface area is 163 Å². The highest BCUT2D eigenvalue weighted by Crippen LogP contribution is 2.25. The molecule has 7 heteroatoms. The fourth-order valence-electron chi connectivity index (χ4n) is 3.19. The standard InChI is InChI=1S/C20H24N2O4S/c1-25-17-8-2-3-9-18(17)26-12-10-21-20(24)16-7-4-11-22(16)19(23)14-15-6-5-13-27-15/h2-3,5-6,8-9,13,16H,4,7,10-12,14H2,1H3,(H,21,24). The zero-order valence-electron chi connectivity index (χ0n) is 15.3. The average Bonchev–Trinajstić information content (AvgIpc) is 3.37. The molecule has 1 atom stereocenters. The lowest BCUT2D eigenvalue weighted by Gasteiger charge is -2.24. The van der Waals surface area contributed by atoms with E-state index in [9.17, 15) is 9.59 Å². The molecule has 1 fully saturated rings. The first-order chi connectivity index (χ1) is 13.2. The molecule has 0 spiro atoms. The predicted molar refractivity (Wildman–Crippen MR) is 104 cm³/mol. The number of hydrogen-bond acceptors (Lipinski definition) is 5. The fourth-order valence-corrected chi connectivity index (χ4v) is 3.89. The SMILES string of the molecule is COc1ccccc1OCCNC(=O)C1CCCN1C(=O)Cc1cccs1. The zero-order chi connectivity index (χ0) is 19.1. The number of methoxy groups -OCH3 is 1. The van der Waals surface area contributed by atoms with Crippen molar-refractivity contribution in [1.29, 1.82) is 0 Å². The van der Waals surface area contributed by atoms with Crippen molar-refractivity contribution in [2.45, 2.75) is 25.3 Å². The maximum atomic E-state index is 12.5. The highest BCUT2D eigenvalue weighted by Gasteiger charge is 2.33. The quantitative estimate of drug-likeness (QED) is 0.706. The second kappa shape index (κ2) is 9.41. The number of carbonyl (C=O) groups is 2. The van der Waals surface area contributed by atoms with Crippen LogP contribution in [0.3, 0.4) is 0 Å². The van der Waals surface area contributed by atoms with Gasteiger partial charge in [0.2, 0.25) is 11.8 Å². The topological polar surface area (TPSA) is 67.9 Å². The molecule has 1 aliphatic heterocycles. The van der Waals surface area contributed by atoms with Crippen LogP contribution in [0.5, 0.6) is 11.5 Å². The Balaban J connectivity index is 1.46. The molecule has 3 rings (SSSR count). The van der Waals surface area contributed by atoms with Crippen molar-refractivity contribution < 1.29 is 19.1 Å². The number of likely N-dealkylation sites (tertiary alicyclic amines) is 1. The molecular weight excluding hydrogens is 364 g/mol. The lowest BCUT2D eigenvalue weighted by Crippen LogP contribution is -2.47. The van der Waals surface area contributed by atoms with Gasteiger partial charge in [-0.15, -0.1) is 11.3 Å². The Morgan fingerprint density at radius 2 is 2.04 bits per heavy atom. The van der Waals surface area contributed by atoms with Crippen LogP contribution in [0.15, 0.2) is 41.8 Å². The van der Waals surface area contributed by atoms with E-state index in [1.54, 1.807) is 23.3 Å². The monoisotopic (exact) mass is 388 g/mol. The molecular formula is C20H24N2O4S. The maximum Gasteiger partial charge on any atom is 0.242 e. The van der Waals surface area contributed by atoms with Crippen LogP contribution in [0.25, 0.3) is 0 Å². The lowest BCUT2D eigenvalue weighted by atomic mass is 10.2. The molecule has 2 aromatic rings. The summed E-state index contributed by atoms with van der Waals surface area (Å²) in [5, 5.41) is 4.84. The molecule has 27 heavy (non-hydrogen) atoms. The average molecular weight is 388 g/mol. The number of thiophene rings is 1. The van der Waals surface area contributed by atoms with Crippen molar-refractivity contribution in [2.75, 3.05) is 26.8 Å². The van der Waals surface area contributed by atoms with Crippen molar-refractivity contribution >= 4 is 23.2 Å². The van der Waals surface area contributed by atoms with E-state index >= 15 is 0 Å². The van der Waals surface area contributed by atoms with E-state index in [1.807, 2.05) is 41.8 Å². The third kappa shape index (κ3) is 5.01. The number of benzene rings is 1. The number of ether oxygens (including phenoxy) is 2. The molecule has 1 aromatic heterocycles. The van der Waals surface area contributed by atoms with Crippen molar-refractivity contribution in [2.24, 2.45) is 0 Å². The second-order valence-electron chi connectivity index (χ2n) is 6.29. The van der Waals surface area contributed by atoms with Crippen molar-refractivity contribution in [3.63, 3.8) is 0 Å². The molecule has 1 aliphatic rings. The van der Waals surface area contributed by atoms with E-state index in [2.05, 4.69) is 5.32 Å². The lowest BCUT2D eigenvalue weighted by molar-refractivity contribution is -0.137. The molecule has 144 valence electrons. The van der Waals surface area contributed by atoms with Crippen LogP contribution in [-0.2, 0) is 16.0 Å². The van der Waals surface area contributed by atoms with Gasteiger partial charge in [-0.25, -0.2) is 0 Å². The van der Waals surface area contributed by atoms with E-state index in [1.165, 1.54) is 0 Å². The van der Waals surface area contributed by atoms with E-state index in [4.69, 9.17) is 9.47 Å². The largest absolute Gasteiger partial charge is 0.493 e. The van der Waals surface area contributed by atoms with Crippen molar-refractivity contribution in [1.82, 2.24) is 10.2 Å². The molecule has 1 aromatic carbocycles. The van der Waals surface area contributed by atoms with Gasteiger partial charge in [0.25, 0.3) is 0 Å². The Hall–Kier alpha value is -2.54. The zero-order valence-corrected chi connectivity index (χ0v) is 16.2. The second-order valence-corrected chi connectivity index (χ2v) is 7.32. The summed E-state index contributed by atoms with van der Waals surface area (Å²) in [6, 6.07) is 10.9. The smallest absolute Gasteiger partial charge is 0.242 e. The number of rotatable bonds is 8. The molecule has 1 unspecified atom stereocenters. The van der Waals surface area contributed by atoms with Crippen LogP contribution < -0.4 is 14.8 Å². The van der Waals surface area contributed by atoms with Crippen LogP contribution in [-0.4, -0.2) is 49.6 Å². The first-order valence-corrected chi connectivity index (χ1v) is 9.92. The molecule has 0 radical (unpaired) electrons. The summed E-state index contributed by atoms with van der Waals surface area (Å²) in [5.41, 5.74) is 0.